The fourth-order valence-corrected chi connectivity index (χ4v) is 7.14. The molecule has 7 rings (SSSR count). The van der Waals surface area contributed by atoms with Crippen LogP contribution in [-0.2, 0) is 19.3 Å². The molecule has 10 nitrogen and oxygen atoms in total. The van der Waals surface area contributed by atoms with E-state index in [0.29, 0.717) is 17.1 Å². The quantitative estimate of drug-likeness (QED) is 0.134. The lowest BCUT2D eigenvalue weighted by Gasteiger charge is -2.32. The molecule has 0 saturated carbocycles. The van der Waals surface area contributed by atoms with Crippen molar-refractivity contribution in [3.8, 4) is 28.5 Å². The molecule has 0 bridgehead atoms. The molecule has 0 fully saturated rings. The van der Waals surface area contributed by atoms with Crippen molar-refractivity contribution in [3.05, 3.63) is 130 Å². The van der Waals surface area contributed by atoms with Gasteiger partial charge < -0.3 is 35.1 Å². The standard InChI is InChI=1S/C40H36ClF4N7O3/c1-22-18-29(51(19-24-7-11-26(53-3)12-8-24)20-25-9-13-27(54-4)14-10-25)50-35(32(22)40(43,44)45)30-33(41)36-31-37(34(30)42)55-17-16-52(39(31)49-21-48-36)23(2)28-6-5-15-47-38(28)46/h5-18,23,48H,19-21H2,1-4H3,(H2,46,47). The van der Waals surface area contributed by atoms with Gasteiger partial charge >= 0.3 is 6.18 Å². The number of rotatable bonds is 10. The van der Waals surface area contributed by atoms with E-state index in [1.54, 1.807) is 67.9 Å². The summed E-state index contributed by atoms with van der Waals surface area (Å²) < 4.78 is 78.9. The Morgan fingerprint density at radius 2 is 1.64 bits per heavy atom. The zero-order valence-corrected chi connectivity index (χ0v) is 31.0. The van der Waals surface area contributed by atoms with Crippen molar-refractivity contribution in [2.24, 2.45) is 4.99 Å². The lowest BCUT2D eigenvalue weighted by molar-refractivity contribution is -0.137. The molecule has 3 N–H and O–H groups in total. The number of nitrogens with one attached hydrogen (secondary N) is 1. The van der Waals surface area contributed by atoms with Crippen molar-refractivity contribution in [3.63, 3.8) is 0 Å². The number of nitrogens with zero attached hydrogens (tertiary/aromatic N) is 5. The van der Waals surface area contributed by atoms with Crippen molar-refractivity contribution in [2.75, 3.05) is 36.8 Å². The van der Waals surface area contributed by atoms with Crippen LogP contribution in [0.25, 0.3) is 11.3 Å². The average molecular weight is 774 g/mol. The summed E-state index contributed by atoms with van der Waals surface area (Å²) in [4.78, 5) is 16.9. The lowest BCUT2D eigenvalue weighted by Crippen LogP contribution is -2.33. The second-order valence-corrected chi connectivity index (χ2v) is 13.3. The predicted molar refractivity (Wildman–Crippen MR) is 204 cm³/mol. The van der Waals surface area contributed by atoms with E-state index in [4.69, 9.17) is 31.5 Å². The Hall–Kier alpha value is -6.02. The Morgan fingerprint density at radius 3 is 2.22 bits per heavy atom. The van der Waals surface area contributed by atoms with Crippen LogP contribution in [0.4, 0.5) is 34.9 Å². The fourth-order valence-electron chi connectivity index (χ4n) is 6.81. The first-order valence-electron chi connectivity index (χ1n) is 17.1. The van der Waals surface area contributed by atoms with Crippen molar-refractivity contribution in [1.82, 2.24) is 14.9 Å². The second kappa shape index (κ2) is 15.0. The minimum Gasteiger partial charge on any atom is -0.497 e. The second-order valence-electron chi connectivity index (χ2n) is 12.9. The van der Waals surface area contributed by atoms with E-state index in [1.165, 1.54) is 19.3 Å². The third-order valence-electron chi connectivity index (χ3n) is 9.55. The smallest absolute Gasteiger partial charge is 0.418 e. The summed E-state index contributed by atoms with van der Waals surface area (Å²) in [5, 5.41) is 2.73. The highest BCUT2D eigenvalue weighted by Crippen LogP contribution is 2.50. The number of benzene rings is 3. The third kappa shape index (κ3) is 7.17. The zero-order chi connectivity index (χ0) is 39.0. The molecule has 0 aliphatic carbocycles. The van der Waals surface area contributed by atoms with E-state index >= 15 is 17.6 Å². The van der Waals surface area contributed by atoms with Crippen molar-refractivity contribution in [2.45, 2.75) is 39.2 Å². The van der Waals surface area contributed by atoms with Gasteiger partial charge in [0.25, 0.3) is 0 Å². The fraction of sp³-hybridized carbons (Fsp3) is 0.225. The SMILES string of the molecule is COc1ccc(CN(Cc2ccc(OC)cc2)c2cc(C)c(C(F)(F)F)c(-c3c(F)c4c5c(c3Cl)NCN=C5N(C(C)c3cccnc3N)C=CO4)n2)cc1. The average Bonchev–Trinajstić information content (AvgIpc) is 3.37. The summed E-state index contributed by atoms with van der Waals surface area (Å²) in [5.74, 6) is 0.522. The number of hydrogen-bond donors (Lipinski definition) is 2. The number of ether oxygens (including phenoxy) is 3. The van der Waals surface area contributed by atoms with Gasteiger partial charge in [0, 0.05) is 31.0 Å². The van der Waals surface area contributed by atoms with Gasteiger partial charge in [0.15, 0.2) is 11.6 Å². The summed E-state index contributed by atoms with van der Waals surface area (Å²) in [7, 11) is 3.12. The number of halogens is 5. The van der Waals surface area contributed by atoms with E-state index in [2.05, 4.69) is 20.3 Å². The molecule has 5 aromatic rings. The number of anilines is 3. The van der Waals surface area contributed by atoms with Gasteiger partial charge in [-0.15, -0.1) is 0 Å². The molecular weight excluding hydrogens is 738 g/mol. The Balaban J connectivity index is 1.39. The third-order valence-corrected chi connectivity index (χ3v) is 9.92. The van der Waals surface area contributed by atoms with Crippen LogP contribution in [0, 0.1) is 12.7 Å². The number of aliphatic imine (C=N–C) groups is 1. The maximum atomic E-state index is 17.2. The van der Waals surface area contributed by atoms with Gasteiger partial charge in [-0.05, 0) is 66.9 Å². The van der Waals surface area contributed by atoms with E-state index in [-0.39, 0.29) is 64.8 Å². The Labute approximate surface area is 319 Å². The number of methoxy groups -OCH3 is 2. The Kier molecular flexibility index (Phi) is 10.2. The molecular formula is C40H36ClF4N7O3. The minimum atomic E-state index is -4.93. The van der Waals surface area contributed by atoms with Crippen LogP contribution in [0.3, 0.4) is 0 Å². The molecule has 3 aromatic carbocycles. The van der Waals surface area contributed by atoms with Gasteiger partial charge in [0.1, 0.15) is 41.9 Å². The van der Waals surface area contributed by atoms with E-state index < -0.39 is 34.9 Å². The minimum absolute atomic E-state index is 0.0116. The van der Waals surface area contributed by atoms with Crippen LogP contribution >= 0.6 is 11.6 Å². The van der Waals surface area contributed by atoms with Crippen LogP contribution in [0.1, 0.15) is 46.3 Å². The van der Waals surface area contributed by atoms with Crippen molar-refractivity contribution in [1.29, 1.82) is 0 Å². The van der Waals surface area contributed by atoms with Gasteiger partial charge in [0.05, 0.1) is 53.4 Å². The van der Waals surface area contributed by atoms with Crippen molar-refractivity contribution < 1.29 is 31.8 Å². The Bertz CT molecular complexity index is 2250. The summed E-state index contributed by atoms with van der Waals surface area (Å²) >= 11 is 7.00. The van der Waals surface area contributed by atoms with Crippen LogP contribution in [-0.4, -0.2) is 41.6 Å². The predicted octanol–water partition coefficient (Wildman–Crippen LogP) is 9.13. The van der Waals surface area contributed by atoms with E-state index in [9.17, 15) is 0 Å². The van der Waals surface area contributed by atoms with Gasteiger partial charge in [0.2, 0.25) is 0 Å². The molecule has 55 heavy (non-hydrogen) atoms. The number of aryl methyl sites for hydroxylation is 1. The molecule has 2 aliphatic heterocycles. The highest BCUT2D eigenvalue weighted by Gasteiger charge is 2.41. The van der Waals surface area contributed by atoms with E-state index in [1.807, 2.05) is 36.1 Å². The first-order chi connectivity index (χ1) is 26.4. The van der Waals surface area contributed by atoms with Gasteiger partial charge in [-0.2, -0.15) is 13.2 Å². The largest absolute Gasteiger partial charge is 0.497 e. The molecule has 1 unspecified atom stereocenters. The molecule has 284 valence electrons. The van der Waals surface area contributed by atoms with E-state index in [0.717, 1.165) is 11.1 Å². The highest BCUT2D eigenvalue weighted by atomic mass is 35.5. The zero-order valence-electron chi connectivity index (χ0n) is 30.2. The van der Waals surface area contributed by atoms with Crippen LogP contribution in [0.2, 0.25) is 5.02 Å². The Morgan fingerprint density at radius 1 is 1.00 bits per heavy atom. The maximum absolute atomic E-state index is 17.2. The molecule has 2 aliphatic rings. The summed E-state index contributed by atoms with van der Waals surface area (Å²) in [6.45, 7) is 3.65. The van der Waals surface area contributed by atoms with Gasteiger partial charge in [-0.25, -0.2) is 19.4 Å². The number of alkyl halides is 3. The molecule has 1 atom stereocenters. The molecule has 15 heteroatoms. The first kappa shape index (κ1) is 37.3. The van der Waals surface area contributed by atoms with Gasteiger partial charge in [-0.3, -0.25) is 0 Å². The number of aromatic nitrogens is 2. The molecule has 2 aromatic heterocycles. The first-order valence-corrected chi connectivity index (χ1v) is 17.5. The van der Waals surface area contributed by atoms with Gasteiger partial charge in [-0.1, -0.05) is 41.9 Å². The number of amidine groups is 1. The summed E-state index contributed by atoms with van der Waals surface area (Å²) in [5.41, 5.74) is 6.24. The molecule has 0 spiro atoms. The topological polar surface area (TPSA) is 110 Å². The molecule has 0 amide bonds. The normalized spacial score (nSPS) is 13.9. The van der Waals surface area contributed by atoms with Crippen molar-refractivity contribution >= 4 is 34.8 Å². The number of pyridine rings is 2. The monoisotopic (exact) mass is 773 g/mol. The molecule has 0 saturated heterocycles. The maximum Gasteiger partial charge on any atom is 0.418 e. The molecule has 0 radical (unpaired) electrons. The number of nitrogen functional groups attached to an aromatic ring is 1. The van der Waals surface area contributed by atoms with Crippen LogP contribution < -0.4 is 30.2 Å². The summed E-state index contributed by atoms with van der Waals surface area (Å²) in [6, 6.07) is 19.0. The number of nitrogens with two attached hydrogens (primary N) is 1. The molecule has 4 heterocycles. The lowest BCUT2D eigenvalue weighted by atomic mass is 9.95. The summed E-state index contributed by atoms with van der Waals surface area (Å²) in [6.07, 6.45) is -0.571. The highest BCUT2D eigenvalue weighted by molar-refractivity contribution is 6.37. The van der Waals surface area contributed by atoms with Crippen LogP contribution in [0.15, 0.2) is 90.4 Å². The van der Waals surface area contributed by atoms with Crippen LogP contribution in [0.5, 0.6) is 17.2 Å². The number of hydrogen-bond acceptors (Lipinski definition) is 10.